The van der Waals surface area contributed by atoms with E-state index in [4.69, 9.17) is 4.42 Å². The van der Waals surface area contributed by atoms with Gasteiger partial charge < -0.3 is 14.4 Å². The van der Waals surface area contributed by atoms with Crippen LogP contribution in [0.25, 0.3) is 22.0 Å². The number of imidazole rings is 1. The minimum Gasteiger partial charge on any atom is -0.462 e. The van der Waals surface area contributed by atoms with Gasteiger partial charge in [0.15, 0.2) is 11.0 Å². The van der Waals surface area contributed by atoms with Gasteiger partial charge in [0.25, 0.3) is 0 Å². The van der Waals surface area contributed by atoms with Crippen LogP contribution in [-0.2, 0) is 0 Å². The maximum atomic E-state index is 11.5. The number of rotatable bonds is 0. The molecule has 0 aliphatic rings. The second-order valence-electron chi connectivity index (χ2n) is 3.23. The van der Waals surface area contributed by atoms with Crippen LogP contribution in [0.2, 0.25) is 0 Å². The van der Waals surface area contributed by atoms with Crippen molar-refractivity contribution in [1.82, 2.24) is 9.97 Å². The van der Waals surface area contributed by atoms with Crippen molar-refractivity contribution in [1.29, 1.82) is 0 Å². The standard InChI is InChI=1S/C10H6N2O3/c13-7-3-4-15-9-5(7)1-2-6-8(9)12-10(14)11-6/h1-4H,(H2,11,12,14). The average Bonchev–Trinajstić information content (AvgIpc) is 2.59. The number of fused-ring (bicyclic) bond motifs is 3. The highest BCUT2D eigenvalue weighted by Crippen LogP contribution is 2.18. The second kappa shape index (κ2) is 2.60. The Balaban J connectivity index is 2.71. The van der Waals surface area contributed by atoms with E-state index in [1.807, 2.05) is 0 Å². The Bertz CT molecular complexity index is 763. The maximum absolute atomic E-state index is 11.5. The molecule has 0 fully saturated rings. The maximum Gasteiger partial charge on any atom is 0.323 e. The van der Waals surface area contributed by atoms with E-state index < -0.39 is 0 Å². The predicted octanol–water partition coefficient (Wildman–Crippen LogP) is 0.963. The Morgan fingerprint density at radius 3 is 2.80 bits per heavy atom. The van der Waals surface area contributed by atoms with Crippen molar-refractivity contribution in [2.45, 2.75) is 0 Å². The van der Waals surface area contributed by atoms with Crippen molar-refractivity contribution in [3.05, 3.63) is 45.2 Å². The van der Waals surface area contributed by atoms with E-state index in [0.717, 1.165) is 0 Å². The third kappa shape index (κ3) is 1.03. The molecule has 3 aromatic rings. The summed E-state index contributed by atoms with van der Waals surface area (Å²) in [7, 11) is 0. The van der Waals surface area contributed by atoms with Crippen molar-refractivity contribution < 1.29 is 4.42 Å². The fourth-order valence-electron chi connectivity index (χ4n) is 1.65. The Kier molecular flexibility index (Phi) is 1.39. The van der Waals surface area contributed by atoms with Crippen LogP contribution >= 0.6 is 0 Å². The molecule has 0 aliphatic heterocycles. The third-order valence-corrected chi connectivity index (χ3v) is 2.32. The molecule has 2 N–H and O–H groups in total. The molecule has 0 amide bonds. The molecule has 5 nitrogen and oxygen atoms in total. The van der Waals surface area contributed by atoms with E-state index in [9.17, 15) is 9.59 Å². The van der Waals surface area contributed by atoms with E-state index >= 15 is 0 Å². The molecule has 0 aliphatic carbocycles. The summed E-state index contributed by atoms with van der Waals surface area (Å²) in [6, 6.07) is 4.65. The Morgan fingerprint density at radius 1 is 1.07 bits per heavy atom. The fraction of sp³-hybridized carbons (Fsp3) is 0. The normalized spacial score (nSPS) is 11.2. The van der Waals surface area contributed by atoms with Crippen molar-refractivity contribution in [2.75, 3.05) is 0 Å². The molecule has 0 radical (unpaired) electrons. The minimum atomic E-state index is -0.316. The predicted molar refractivity (Wildman–Crippen MR) is 55.0 cm³/mol. The Hall–Kier alpha value is -2.30. The van der Waals surface area contributed by atoms with Gasteiger partial charge >= 0.3 is 5.69 Å². The Labute approximate surface area is 82.4 Å². The molecule has 2 aromatic heterocycles. The lowest BCUT2D eigenvalue weighted by Crippen LogP contribution is -1.99. The lowest BCUT2D eigenvalue weighted by atomic mass is 10.2. The van der Waals surface area contributed by atoms with Crippen LogP contribution in [0.15, 0.2) is 38.5 Å². The van der Waals surface area contributed by atoms with E-state index in [1.54, 1.807) is 12.1 Å². The van der Waals surface area contributed by atoms with Crippen molar-refractivity contribution in [3.8, 4) is 0 Å². The van der Waals surface area contributed by atoms with Gasteiger partial charge in [0.2, 0.25) is 0 Å². The van der Waals surface area contributed by atoms with Gasteiger partial charge in [0, 0.05) is 6.07 Å². The van der Waals surface area contributed by atoms with E-state index in [1.165, 1.54) is 12.3 Å². The first-order valence-corrected chi connectivity index (χ1v) is 4.38. The molecule has 0 spiro atoms. The highest BCUT2D eigenvalue weighted by molar-refractivity contribution is 5.99. The summed E-state index contributed by atoms with van der Waals surface area (Å²) in [6.07, 6.45) is 1.31. The zero-order valence-corrected chi connectivity index (χ0v) is 7.53. The summed E-state index contributed by atoms with van der Waals surface area (Å²) < 4.78 is 5.23. The van der Waals surface area contributed by atoms with Crippen LogP contribution in [0, 0.1) is 0 Å². The molecule has 0 saturated heterocycles. The molecular formula is C10H6N2O3. The van der Waals surface area contributed by atoms with Crippen molar-refractivity contribution in [3.63, 3.8) is 0 Å². The molecule has 15 heavy (non-hydrogen) atoms. The lowest BCUT2D eigenvalue weighted by molar-refractivity contribution is 0.605. The topological polar surface area (TPSA) is 78.9 Å². The molecule has 1 aromatic carbocycles. The van der Waals surface area contributed by atoms with Crippen molar-refractivity contribution in [2.24, 2.45) is 0 Å². The van der Waals surface area contributed by atoms with Gasteiger partial charge in [-0.25, -0.2) is 4.79 Å². The van der Waals surface area contributed by atoms with Gasteiger partial charge in [0.05, 0.1) is 17.2 Å². The van der Waals surface area contributed by atoms with Gasteiger partial charge in [0.1, 0.15) is 5.52 Å². The van der Waals surface area contributed by atoms with Gasteiger partial charge in [-0.2, -0.15) is 0 Å². The molecular weight excluding hydrogens is 196 g/mol. The molecule has 2 heterocycles. The summed E-state index contributed by atoms with van der Waals surface area (Å²) in [5.41, 5.74) is 1.11. The SMILES string of the molecule is O=c1[nH]c2ccc3c(=O)ccoc3c2[nH]1. The monoisotopic (exact) mass is 202 g/mol. The molecule has 74 valence electrons. The summed E-state index contributed by atoms with van der Waals surface area (Å²) in [4.78, 5) is 27.7. The molecule has 5 heteroatoms. The van der Waals surface area contributed by atoms with E-state index in [-0.39, 0.29) is 11.1 Å². The summed E-state index contributed by atoms with van der Waals surface area (Å²) in [6.45, 7) is 0. The number of nitrogens with one attached hydrogen (secondary N) is 2. The molecule has 0 saturated carbocycles. The summed E-state index contributed by atoms with van der Waals surface area (Å²) in [5, 5.41) is 0.459. The molecule has 0 atom stereocenters. The number of aromatic amines is 2. The van der Waals surface area contributed by atoms with Gasteiger partial charge in [-0.15, -0.1) is 0 Å². The zero-order valence-electron chi connectivity index (χ0n) is 7.53. The van der Waals surface area contributed by atoms with Crippen LogP contribution in [0.1, 0.15) is 0 Å². The van der Waals surface area contributed by atoms with Gasteiger partial charge in [-0.3, -0.25) is 4.79 Å². The quantitative estimate of drug-likeness (QED) is 0.569. The minimum absolute atomic E-state index is 0.125. The van der Waals surface area contributed by atoms with Gasteiger partial charge in [-0.1, -0.05) is 0 Å². The van der Waals surface area contributed by atoms with Gasteiger partial charge in [-0.05, 0) is 12.1 Å². The highest BCUT2D eigenvalue weighted by Gasteiger charge is 2.07. The fourth-order valence-corrected chi connectivity index (χ4v) is 1.65. The highest BCUT2D eigenvalue weighted by atomic mass is 16.3. The van der Waals surface area contributed by atoms with Crippen LogP contribution in [0.3, 0.4) is 0 Å². The number of hydrogen-bond donors (Lipinski definition) is 2. The smallest absolute Gasteiger partial charge is 0.323 e. The van der Waals surface area contributed by atoms with Crippen LogP contribution in [0.5, 0.6) is 0 Å². The molecule has 3 rings (SSSR count). The largest absolute Gasteiger partial charge is 0.462 e. The average molecular weight is 202 g/mol. The zero-order chi connectivity index (χ0) is 10.4. The molecule has 0 unspecified atom stereocenters. The second-order valence-corrected chi connectivity index (χ2v) is 3.23. The van der Waals surface area contributed by atoms with Crippen LogP contribution in [0.4, 0.5) is 0 Å². The van der Waals surface area contributed by atoms with E-state index in [0.29, 0.717) is 22.0 Å². The number of aromatic nitrogens is 2. The summed E-state index contributed by atoms with van der Waals surface area (Å²) in [5.74, 6) is 0. The number of hydrogen-bond acceptors (Lipinski definition) is 3. The number of H-pyrrole nitrogens is 2. The first-order valence-electron chi connectivity index (χ1n) is 4.38. The first kappa shape index (κ1) is 8.05. The summed E-state index contributed by atoms with van der Waals surface area (Å²) >= 11 is 0. The number of benzene rings is 1. The lowest BCUT2D eigenvalue weighted by Gasteiger charge is -1.95. The first-order chi connectivity index (χ1) is 7.25. The third-order valence-electron chi connectivity index (χ3n) is 2.32. The van der Waals surface area contributed by atoms with Crippen LogP contribution in [-0.4, -0.2) is 9.97 Å². The Morgan fingerprint density at radius 2 is 1.93 bits per heavy atom. The van der Waals surface area contributed by atoms with Crippen molar-refractivity contribution >= 4 is 22.0 Å². The van der Waals surface area contributed by atoms with Crippen LogP contribution < -0.4 is 11.1 Å². The van der Waals surface area contributed by atoms with E-state index in [2.05, 4.69) is 9.97 Å². The molecule has 0 bridgehead atoms.